The van der Waals surface area contributed by atoms with Gasteiger partial charge in [-0.25, -0.2) is 0 Å². The first-order valence-corrected chi connectivity index (χ1v) is 8.48. The molecule has 136 valence electrons. The molecule has 0 bridgehead atoms. The van der Waals surface area contributed by atoms with E-state index in [2.05, 4.69) is 16.7 Å². The number of carbonyl (C=O) groups is 2. The molecule has 2 amide bonds. The maximum atomic E-state index is 12.2. The fraction of sp³-hybridized carbons (Fsp3) is 0.526. The summed E-state index contributed by atoms with van der Waals surface area (Å²) in [6.45, 7) is 9.74. The van der Waals surface area contributed by atoms with Crippen molar-refractivity contribution in [1.82, 2.24) is 5.32 Å². The Morgan fingerprint density at radius 3 is 2.40 bits per heavy atom. The van der Waals surface area contributed by atoms with Gasteiger partial charge in [-0.2, -0.15) is 5.26 Å². The SMILES string of the molecule is Cc1cccc(NC(=O)C[NH+](C)CC(=O)N[C@@](C)(C#N)C(C)C)c1C. The highest BCUT2D eigenvalue weighted by Gasteiger charge is 2.31. The summed E-state index contributed by atoms with van der Waals surface area (Å²) in [4.78, 5) is 25.1. The van der Waals surface area contributed by atoms with Crippen LogP contribution < -0.4 is 15.5 Å². The Bertz CT molecular complexity index is 678. The van der Waals surface area contributed by atoms with Crippen molar-refractivity contribution in [2.45, 2.75) is 40.2 Å². The second kappa shape index (κ2) is 8.63. The van der Waals surface area contributed by atoms with E-state index in [9.17, 15) is 14.9 Å². The van der Waals surface area contributed by atoms with Crippen LogP contribution in [0.25, 0.3) is 0 Å². The van der Waals surface area contributed by atoms with Gasteiger partial charge in [-0.05, 0) is 43.9 Å². The number of likely N-dealkylation sites (N-methyl/N-ethyl adjacent to an activating group) is 1. The standard InChI is InChI=1S/C19H28N4O2/c1-13(2)19(5,12-20)22-18(25)11-23(6)10-17(24)21-16-9-7-8-14(3)15(16)4/h7-9,13H,10-11H2,1-6H3,(H,21,24)(H,22,25)/p+1/t19-/m0/s1. The van der Waals surface area contributed by atoms with Gasteiger partial charge in [0.2, 0.25) is 0 Å². The number of hydrogen-bond acceptors (Lipinski definition) is 3. The van der Waals surface area contributed by atoms with Crippen molar-refractivity contribution in [3.05, 3.63) is 29.3 Å². The molecule has 6 nitrogen and oxygen atoms in total. The Morgan fingerprint density at radius 1 is 1.24 bits per heavy atom. The summed E-state index contributed by atoms with van der Waals surface area (Å²) in [7, 11) is 1.78. The van der Waals surface area contributed by atoms with Crippen LogP contribution in [0.15, 0.2) is 18.2 Å². The number of quaternary nitrogens is 1. The number of benzene rings is 1. The van der Waals surface area contributed by atoms with Crippen molar-refractivity contribution >= 4 is 17.5 Å². The zero-order valence-corrected chi connectivity index (χ0v) is 16.0. The highest BCUT2D eigenvalue weighted by molar-refractivity contribution is 5.92. The lowest BCUT2D eigenvalue weighted by Gasteiger charge is -2.27. The van der Waals surface area contributed by atoms with E-state index in [0.717, 1.165) is 21.7 Å². The zero-order chi connectivity index (χ0) is 19.2. The van der Waals surface area contributed by atoms with E-state index in [-0.39, 0.29) is 30.8 Å². The van der Waals surface area contributed by atoms with Crippen molar-refractivity contribution in [3.63, 3.8) is 0 Å². The van der Waals surface area contributed by atoms with Crippen LogP contribution in [-0.4, -0.2) is 37.5 Å². The van der Waals surface area contributed by atoms with Gasteiger partial charge in [0.1, 0.15) is 5.54 Å². The first-order chi connectivity index (χ1) is 11.6. The van der Waals surface area contributed by atoms with Gasteiger partial charge in [0.25, 0.3) is 11.8 Å². The molecule has 1 unspecified atom stereocenters. The predicted molar refractivity (Wildman–Crippen MR) is 98.2 cm³/mol. The number of rotatable bonds is 7. The third-order valence-electron chi connectivity index (χ3n) is 4.59. The van der Waals surface area contributed by atoms with Gasteiger partial charge in [0.15, 0.2) is 13.1 Å². The molecule has 1 aromatic carbocycles. The number of anilines is 1. The third-order valence-corrected chi connectivity index (χ3v) is 4.59. The van der Waals surface area contributed by atoms with Crippen LogP contribution in [0.1, 0.15) is 31.9 Å². The highest BCUT2D eigenvalue weighted by Crippen LogP contribution is 2.17. The summed E-state index contributed by atoms with van der Waals surface area (Å²) in [6.07, 6.45) is 0. The lowest BCUT2D eigenvalue weighted by atomic mass is 9.90. The molecule has 0 aliphatic carbocycles. The van der Waals surface area contributed by atoms with Gasteiger partial charge < -0.3 is 15.5 Å². The molecule has 0 heterocycles. The summed E-state index contributed by atoms with van der Waals surface area (Å²) < 4.78 is 0. The molecular formula is C19H29N4O2+. The first kappa shape index (κ1) is 20.7. The summed E-state index contributed by atoms with van der Waals surface area (Å²) in [5.74, 6) is -0.393. The van der Waals surface area contributed by atoms with E-state index in [0.29, 0.717) is 0 Å². The average Bonchev–Trinajstić information content (AvgIpc) is 2.50. The van der Waals surface area contributed by atoms with E-state index < -0.39 is 5.54 Å². The molecule has 0 fully saturated rings. The molecule has 1 rings (SSSR count). The zero-order valence-electron chi connectivity index (χ0n) is 16.0. The molecule has 0 spiro atoms. The van der Waals surface area contributed by atoms with E-state index in [1.807, 2.05) is 45.9 Å². The molecule has 0 aliphatic heterocycles. The number of nitrogens with zero attached hydrogens (tertiary/aromatic N) is 1. The van der Waals surface area contributed by atoms with Gasteiger partial charge >= 0.3 is 0 Å². The molecule has 6 heteroatoms. The van der Waals surface area contributed by atoms with Crippen molar-refractivity contribution in [2.24, 2.45) is 5.92 Å². The van der Waals surface area contributed by atoms with Crippen LogP contribution in [0.3, 0.4) is 0 Å². The first-order valence-electron chi connectivity index (χ1n) is 8.48. The molecule has 3 N–H and O–H groups in total. The van der Waals surface area contributed by atoms with Gasteiger partial charge in [-0.3, -0.25) is 9.59 Å². The minimum Gasteiger partial charge on any atom is -0.333 e. The second-order valence-corrected chi connectivity index (χ2v) is 7.12. The molecule has 0 aliphatic rings. The van der Waals surface area contributed by atoms with Crippen LogP contribution in [0.2, 0.25) is 0 Å². The third kappa shape index (κ3) is 5.87. The summed E-state index contributed by atoms with van der Waals surface area (Å²) in [5, 5.41) is 14.9. The maximum absolute atomic E-state index is 12.2. The summed E-state index contributed by atoms with van der Waals surface area (Å²) >= 11 is 0. The molecule has 0 saturated heterocycles. The maximum Gasteiger partial charge on any atom is 0.279 e. The van der Waals surface area contributed by atoms with Gasteiger partial charge in [-0.1, -0.05) is 26.0 Å². The molecule has 2 atom stereocenters. The van der Waals surface area contributed by atoms with Gasteiger partial charge in [0, 0.05) is 5.69 Å². The van der Waals surface area contributed by atoms with E-state index in [4.69, 9.17) is 0 Å². The number of carbonyl (C=O) groups excluding carboxylic acids is 2. The lowest BCUT2D eigenvalue weighted by molar-refractivity contribution is -0.862. The molecular weight excluding hydrogens is 316 g/mol. The summed E-state index contributed by atoms with van der Waals surface area (Å²) in [5.41, 5.74) is 2.03. The second-order valence-electron chi connectivity index (χ2n) is 7.12. The number of amides is 2. The molecule has 25 heavy (non-hydrogen) atoms. The monoisotopic (exact) mass is 345 g/mol. The Balaban J connectivity index is 2.57. The van der Waals surface area contributed by atoms with Crippen LogP contribution in [0.5, 0.6) is 0 Å². The Hall–Kier alpha value is -2.39. The minimum absolute atomic E-state index is 0.00523. The topological polar surface area (TPSA) is 86.4 Å². The van der Waals surface area contributed by atoms with Crippen molar-refractivity contribution in [1.29, 1.82) is 5.26 Å². The quantitative estimate of drug-likeness (QED) is 0.683. The van der Waals surface area contributed by atoms with Crippen molar-refractivity contribution in [3.8, 4) is 6.07 Å². The fourth-order valence-electron chi connectivity index (χ4n) is 2.33. The van der Waals surface area contributed by atoms with E-state index in [1.54, 1.807) is 14.0 Å². The lowest BCUT2D eigenvalue weighted by Crippen LogP contribution is -3.11. The van der Waals surface area contributed by atoms with Gasteiger partial charge in [0.05, 0.1) is 13.1 Å². The van der Waals surface area contributed by atoms with Crippen LogP contribution in [0, 0.1) is 31.1 Å². The Kier molecular flexibility index (Phi) is 7.13. The number of hydrogen-bond donors (Lipinski definition) is 3. The predicted octanol–water partition coefficient (Wildman–Crippen LogP) is 0.811. The molecule has 0 radical (unpaired) electrons. The van der Waals surface area contributed by atoms with Crippen molar-refractivity contribution < 1.29 is 14.5 Å². The smallest absolute Gasteiger partial charge is 0.279 e. The largest absolute Gasteiger partial charge is 0.333 e. The normalized spacial score (nSPS) is 14.3. The van der Waals surface area contributed by atoms with Gasteiger partial charge in [-0.15, -0.1) is 0 Å². The van der Waals surface area contributed by atoms with E-state index >= 15 is 0 Å². The Labute approximate surface area is 150 Å². The van der Waals surface area contributed by atoms with Crippen LogP contribution in [-0.2, 0) is 9.59 Å². The number of nitrogens with one attached hydrogen (secondary N) is 3. The van der Waals surface area contributed by atoms with Crippen molar-refractivity contribution in [2.75, 3.05) is 25.5 Å². The summed E-state index contributed by atoms with van der Waals surface area (Å²) in [6, 6.07) is 7.90. The average molecular weight is 345 g/mol. The highest BCUT2D eigenvalue weighted by atomic mass is 16.2. The van der Waals surface area contributed by atoms with Crippen LogP contribution in [0.4, 0.5) is 5.69 Å². The number of nitriles is 1. The number of aryl methyl sites for hydroxylation is 1. The molecule has 1 aromatic rings. The molecule has 0 saturated carbocycles. The van der Waals surface area contributed by atoms with E-state index in [1.165, 1.54) is 0 Å². The fourth-order valence-corrected chi connectivity index (χ4v) is 2.33. The Morgan fingerprint density at radius 2 is 1.84 bits per heavy atom. The minimum atomic E-state index is -0.904. The van der Waals surface area contributed by atoms with Crippen LogP contribution >= 0.6 is 0 Å². The molecule has 0 aromatic heterocycles.